The van der Waals surface area contributed by atoms with Crippen molar-refractivity contribution in [2.75, 3.05) is 13.1 Å². The quantitative estimate of drug-likeness (QED) is 0.796. The van der Waals surface area contributed by atoms with E-state index in [1.54, 1.807) is 18.2 Å². The number of rotatable bonds is 2. The van der Waals surface area contributed by atoms with Crippen LogP contribution in [0.2, 0.25) is 0 Å². The minimum atomic E-state index is -0.120. The lowest BCUT2D eigenvalue weighted by Gasteiger charge is -2.42. The number of carbonyl (C=O) groups excluding carboxylic acids is 1. The van der Waals surface area contributed by atoms with Gasteiger partial charge >= 0.3 is 0 Å². The predicted molar refractivity (Wildman–Crippen MR) is 108 cm³/mol. The van der Waals surface area contributed by atoms with Crippen LogP contribution in [-0.2, 0) is 13.1 Å². The Morgan fingerprint density at radius 1 is 1.14 bits per heavy atom. The number of pyridine rings is 1. The van der Waals surface area contributed by atoms with Crippen LogP contribution in [0.25, 0.3) is 0 Å². The number of likely N-dealkylation sites (tertiary alicyclic amines) is 1. The number of aromatic hydroxyl groups is 1. The highest BCUT2D eigenvalue weighted by Gasteiger charge is 2.37. The number of allylic oxidation sites excluding steroid dienone is 2. The second-order valence-electron chi connectivity index (χ2n) is 8.59. The Morgan fingerprint density at radius 3 is 2.76 bits per heavy atom. The monoisotopic (exact) mass is 392 g/mol. The van der Waals surface area contributed by atoms with E-state index in [1.165, 1.54) is 0 Å². The average Bonchev–Trinajstić information content (AvgIpc) is 3.02. The summed E-state index contributed by atoms with van der Waals surface area (Å²) in [5.74, 6) is 1.57. The molecule has 2 atom stereocenters. The first-order valence-corrected chi connectivity index (χ1v) is 10.1. The highest BCUT2D eigenvalue weighted by Crippen LogP contribution is 2.42. The molecule has 6 nitrogen and oxygen atoms in total. The molecule has 6 heteroatoms. The van der Waals surface area contributed by atoms with Gasteiger partial charge in [0.1, 0.15) is 11.5 Å². The van der Waals surface area contributed by atoms with Crippen LogP contribution in [-0.4, -0.2) is 33.4 Å². The predicted octanol–water partition coefficient (Wildman–Crippen LogP) is 3.04. The highest BCUT2D eigenvalue weighted by atomic mass is 16.5. The molecule has 3 aliphatic rings. The summed E-state index contributed by atoms with van der Waals surface area (Å²) in [4.78, 5) is 27.1. The Balaban J connectivity index is 1.46. The lowest BCUT2D eigenvalue weighted by Crippen LogP contribution is -2.46. The van der Waals surface area contributed by atoms with Gasteiger partial charge in [-0.25, -0.2) is 0 Å². The zero-order chi connectivity index (χ0) is 20.3. The molecule has 0 spiro atoms. The maximum Gasteiger partial charge on any atom is 0.250 e. The summed E-state index contributed by atoms with van der Waals surface area (Å²) in [6.07, 6.45) is 1.08. The summed E-state index contributed by atoms with van der Waals surface area (Å²) in [5.41, 5.74) is 3.18. The summed E-state index contributed by atoms with van der Waals surface area (Å²) < 4.78 is 7.81. The van der Waals surface area contributed by atoms with Crippen LogP contribution in [0, 0.1) is 5.92 Å². The number of nitrogens with zero attached hydrogens (tertiary/aromatic N) is 2. The van der Waals surface area contributed by atoms with E-state index in [0.717, 1.165) is 37.3 Å². The van der Waals surface area contributed by atoms with Gasteiger partial charge in [0, 0.05) is 43.9 Å². The van der Waals surface area contributed by atoms with Gasteiger partial charge in [0.15, 0.2) is 5.76 Å². The Bertz CT molecular complexity index is 1110. The smallest absolute Gasteiger partial charge is 0.250 e. The first-order chi connectivity index (χ1) is 13.9. The average molecular weight is 392 g/mol. The summed E-state index contributed by atoms with van der Waals surface area (Å²) in [6, 6.07) is 8.74. The SMILES string of the molecule is CC(C)=C1Oc2c(ccc(O)c2CN2CC3CC(C2)c2cccc(=O)n2C3)C1=O. The molecular weight excluding hydrogens is 368 g/mol. The normalized spacial score (nSPS) is 22.8. The number of ether oxygens (including phenoxy) is 1. The van der Waals surface area contributed by atoms with Gasteiger partial charge in [0.05, 0.1) is 11.1 Å². The zero-order valence-corrected chi connectivity index (χ0v) is 16.6. The molecule has 29 heavy (non-hydrogen) atoms. The van der Waals surface area contributed by atoms with Crippen molar-refractivity contribution in [1.29, 1.82) is 0 Å². The van der Waals surface area contributed by atoms with E-state index in [-0.39, 0.29) is 17.1 Å². The molecule has 1 saturated heterocycles. The van der Waals surface area contributed by atoms with Crippen molar-refractivity contribution in [2.45, 2.75) is 39.3 Å². The van der Waals surface area contributed by atoms with Gasteiger partial charge in [-0.3, -0.25) is 14.5 Å². The van der Waals surface area contributed by atoms with E-state index in [1.807, 2.05) is 30.5 Å². The van der Waals surface area contributed by atoms with E-state index < -0.39 is 0 Å². The molecule has 1 N–H and O–H groups in total. The molecule has 5 rings (SSSR count). The lowest BCUT2D eigenvalue weighted by molar-refractivity contribution is 0.101. The van der Waals surface area contributed by atoms with E-state index in [9.17, 15) is 14.7 Å². The molecule has 0 radical (unpaired) electrons. The van der Waals surface area contributed by atoms with Gasteiger partial charge in [-0.1, -0.05) is 6.07 Å². The fraction of sp³-hybridized carbons (Fsp3) is 0.391. The molecule has 1 aromatic heterocycles. The summed E-state index contributed by atoms with van der Waals surface area (Å²) in [6.45, 7) is 6.62. The van der Waals surface area contributed by atoms with Crippen molar-refractivity contribution in [3.05, 3.63) is 68.8 Å². The van der Waals surface area contributed by atoms with Crippen LogP contribution in [0.4, 0.5) is 0 Å². The molecule has 2 aromatic rings. The van der Waals surface area contributed by atoms with Crippen LogP contribution in [0.15, 0.2) is 46.5 Å². The second-order valence-corrected chi connectivity index (χ2v) is 8.59. The van der Waals surface area contributed by atoms with Crippen molar-refractivity contribution < 1.29 is 14.6 Å². The highest BCUT2D eigenvalue weighted by molar-refractivity contribution is 6.13. The van der Waals surface area contributed by atoms with Gasteiger partial charge in [0.25, 0.3) is 5.56 Å². The van der Waals surface area contributed by atoms with Gasteiger partial charge in [-0.05, 0) is 50.0 Å². The van der Waals surface area contributed by atoms with Gasteiger partial charge in [-0.15, -0.1) is 0 Å². The topological polar surface area (TPSA) is 71.8 Å². The number of fused-ring (bicyclic) bond motifs is 5. The van der Waals surface area contributed by atoms with Gasteiger partial charge < -0.3 is 14.4 Å². The molecule has 4 heterocycles. The molecule has 2 bridgehead atoms. The van der Waals surface area contributed by atoms with E-state index in [2.05, 4.69) is 4.90 Å². The van der Waals surface area contributed by atoms with Crippen molar-refractivity contribution >= 4 is 5.78 Å². The number of aromatic nitrogens is 1. The molecule has 1 fully saturated rings. The van der Waals surface area contributed by atoms with E-state index in [0.29, 0.717) is 41.0 Å². The summed E-state index contributed by atoms with van der Waals surface area (Å²) in [5, 5.41) is 10.5. The third kappa shape index (κ3) is 2.90. The van der Waals surface area contributed by atoms with Crippen molar-refractivity contribution in [3.8, 4) is 11.5 Å². The third-order valence-electron chi connectivity index (χ3n) is 6.28. The molecule has 3 aliphatic heterocycles. The number of benzene rings is 1. The fourth-order valence-corrected chi connectivity index (χ4v) is 5.01. The second kappa shape index (κ2) is 6.59. The van der Waals surface area contributed by atoms with Crippen molar-refractivity contribution in [3.63, 3.8) is 0 Å². The summed E-state index contributed by atoms with van der Waals surface area (Å²) in [7, 11) is 0. The standard InChI is InChI=1S/C23H24N2O4/c1-13(2)22-21(28)16-6-7-19(26)17(23(16)29-22)12-24-9-14-8-15(11-24)18-4-3-5-20(27)25(18)10-14/h3-7,14-15,26H,8-12H2,1-2H3. The largest absolute Gasteiger partial charge is 0.507 e. The number of hydrogen-bond acceptors (Lipinski definition) is 5. The minimum absolute atomic E-state index is 0.0744. The molecular formula is C23H24N2O4. The summed E-state index contributed by atoms with van der Waals surface area (Å²) >= 11 is 0. The zero-order valence-electron chi connectivity index (χ0n) is 16.6. The number of Topliss-reactive ketones (excluding diaryl/α,β-unsaturated/α-hetero) is 1. The van der Waals surface area contributed by atoms with E-state index >= 15 is 0 Å². The lowest BCUT2D eigenvalue weighted by atomic mass is 9.83. The molecule has 1 aromatic carbocycles. The number of phenols is 1. The van der Waals surface area contributed by atoms with Gasteiger partial charge in [-0.2, -0.15) is 0 Å². The number of piperidine rings is 1. The molecule has 0 amide bonds. The molecule has 150 valence electrons. The number of ketones is 1. The van der Waals surface area contributed by atoms with Crippen LogP contribution < -0.4 is 10.3 Å². The Hall–Kier alpha value is -2.86. The maximum absolute atomic E-state index is 12.6. The molecule has 0 saturated carbocycles. The minimum Gasteiger partial charge on any atom is -0.507 e. The van der Waals surface area contributed by atoms with Crippen molar-refractivity contribution in [1.82, 2.24) is 9.47 Å². The first kappa shape index (κ1) is 18.2. The maximum atomic E-state index is 12.6. The van der Waals surface area contributed by atoms with Crippen LogP contribution in [0.1, 0.15) is 47.8 Å². The third-order valence-corrected chi connectivity index (χ3v) is 6.28. The van der Waals surface area contributed by atoms with Gasteiger partial charge in [0.2, 0.25) is 5.78 Å². The molecule has 2 unspecified atom stereocenters. The molecule has 0 aliphatic carbocycles. The van der Waals surface area contributed by atoms with Crippen LogP contribution >= 0.6 is 0 Å². The first-order valence-electron chi connectivity index (χ1n) is 10.1. The van der Waals surface area contributed by atoms with E-state index in [4.69, 9.17) is 4.74 Å². The number of hydrogen-bond donors (Lipinski definition) is 1. The Labute approximate surface area is 169 Å². The fourth-order valence-electron chi connectivity index (χ4n) is 5.01. The number of carbonyl (C=O) groups is 1. The Kier molecular flexibility index (Phi) is 4.13. The Morgan fingerprint density at radius 2 is 1.97 bits per heavy atom. The number of phenolic OH excluding ortho intramolecular Hbond substituents is 1. The van der Waals surface area contributed by atoms with Crippen LogP contribution in [0.3, 0.4) is 0 Å². The van der Waals surface area contributed by atoms with Crippen LogP contribution in [0.5, 0.6) is 11.5 Å². The van der Waals surface area contributed by atoms with Crippen molar-refractivity contribution in [2.24, 2.45) is 5.92 Å².